The van der Waals surface area contributed by atoms with Gasteiger partial charge in [-0.1, -0.05) is 29.8 Å². The van der Waals surface area contributed by atoms with E-state index in [4.69, 9.17) is 11.6 Å². The number of carbonyl (C=O) groups excluding carboxylic acids is 1. The molecule has 0 spiro atoms. The molecule has 1 aliphatic heterocycles. The minimum absolute atomic E-state index is 0.0330. The summed E-state index contributed by atoms with van der Waals surface area (Å²) in [7, 11) is 0. The van der Waals surface area contributed by atoms with Crippen molar-refractivity contribution in [3.63, 3.8) is 0 Å². The molecule has 1 atom stereocenters. The van der Waals surface area contributed by atoms with Crippen molar-refractivity contribution in [1.82, 2.24) is 14.3 Å². The second-order valence-electron chi connectivity index (χ2n) is 7.67. The summed E-state index contributed by atoms with van der Waals surface area (Å²) in [5, 5.41) is 13.9. The largest absolute Gasteiger partial charge is 0.388 e. The van der Waals surface area contributed by atoms with Gasteiger partial charge in [0.1, 0.15) is 12.4 Å². The van der Waals surface area contributed by atoms with E-state index < -0.39 is 11.7 Å². The van der Waals surface area contributed by atoms with Gasteiger partial charge < -0.3 is 10.0 Å². The van der Waals surface area contributed by atoms with E-state index in [0.29, 0.717) is 23.4 Å². The van der Waals surface area contributed by atoms with Crippen LogP contribution in [0.2, 0.25) is 5.02 Å². The van der Waals surface area contributed by atoms with Crippen molar-refractivity contribution in [2.45, 2.75) is 32.9 Å². The third-order valence-corrected chi connectivity index (χ3v) is 6.00. The number of rotatable bonds is 5. The molecule has 166 valence electrons. The molecule has 2 heterocycles. The van der Waals surface area contributed by atoms with Crippen molar-refractivity contribution < 1.29 is 14.3 Å². The molecule has 32 heavy (non-hydrogen) atoms. The van der Waals surface area contributed by atoms with E-state index >= 15 is 0 Å². The van der Waals surface area contributed by atoms with Gasteiger partial charge >= 0.3 is 5.69 Å². The number of hydrogen-bond acceptors (Lipinski definition) is 4. The van der Waals surface area contributed by atoms with Crippen LogP contribution >= 0.6 is 11.6 Å². The Morgan fingerprint density at radius 3 is 2.66 bits per heavy atom. The van der Waals surface area contributed by atoms with Gasteiger partial charge in [-0.2, -0.15) is 4.68 Å². The molecule has 4 rings (SSSR count). The average molecular weight is 457 g/mol. The zero-order chi connectivity index (χ0) is 23.2. The Balaban J connectivity index is 1.86. The van der Waals surface area contributed by atoms with Gasteiger partial charge in [-0.3, -0.25) is 9.36 Å². The first-order valence-corrected chi connectivity index (χ1v) is 10.5. The Bertz CT molecular complexity index is 1280. The van der Waals surface area contributed by atoms with E-state index in [1.165, 1.54) is 32.3 Å². The van der Waals surface area contributed by atoms with Crippen LogP contribution in [-0.2, 0) is 13.2 Å². The molecule has 3 aromatic rings. The molecular formula is C23H22ClFN4O3. The SMILES string of the molecule is C=C(C)[C@H]1CN(c2c(F)cccc2Cl)C(=O)c2ccc(-n3nc(CO)n(CC)c3=O)cc21. The highest BCUT2D eigenvalue weighted by atomic mass is 35.5. The zero-order valence-corrected chi connectivity index (χ0v) is 18.4. The van der Waals surface area contributed by atoms with Crippen LogP contribution in [0.25, 0.3) is 5.69 Å². The molecule has 0 fully saturated rings. The number of aliphatic hydroxyl groups excluding tert-OH is 1. The van der Waals surface area contributed by atoms with E-state index in [1.807, 2.05) is 6.92 Å². The Kier molecular flexibility index (Phi) is 5.75. The molecule has 1 aromatic heterocycles. The maximum Gasteiger partial charge on any atom is 0.350 e. The van der Waals surface area contributed by atoms with Crippen molar-refractivity contribution >= 4 is 23.2 Å². The minimum Gasteiger partial charge on any atom is -0.388 e. The summed E-state index contributed by atoms with van der Waals surface area (Å²) in [4.78, 5) is 27.4. The number of nitrogens with zero attached hydrogens (tertiary/aromatic N) is 4. The van der Waals surface area contributed by atoms with E-state index in [1.54, 1.807) is 25.1 Å². The lowest BCUT2D eigenvalue weighted by atomic mass is 9.84. The van der Waals surface area contributed by atoms with Crippen molar-refractivity contribution in [3.05, 3.63) is 86.8 Å². The number of benzene rings is 2. The predicted octanol–water partition coefficient (Wildman–Crippen LogP) is 3.66. The maximum atomic E-state index is 14.6. The number of para-hydroxylation sites is 1. The summed E-state index contributed by atoms with van der Waals surface area (Å²) in [5.74, 6) is -1.03. The van der Waals surface area contributed by atoms with Crippen molar-refractivity contribution in [1.29, 1.82) is 0 Å². The van der Waals surface area contributed by atoms with Crippen LogP contribution < -0.4 is 10.6 Å². The highest BCUT2D eigenvalue weighted by Gasteiger charge is 2.35. The van der Waals surface area contributed by atoms with Gasteiger partial charge in [-0.25, -0.2) is 9.18 Å². The normalized spacial score (nSPS) is 15.7. The van der Waals surface area contributed by atoms with Crippen LogP contribution in [0, 0.1) is 5.82 Å². The molecule has 1 N–H and O–H groups in total. The number of aromatic nitrogens is 3. The molecule has 0 saturated heterocycles. The quantitative estimate of drug-likeness (QED) is 0.594. The van der Waals surface area contributed by atoms with E-state index in [9.17, 15) is 19.1 Å². The van der Waals surface area contributed by atoms with Gasteiger partial charge in [-0.05, 0) is 49.7 Å². The first-order valence-electron chi connectivity index (χ1n) is 10.1. The Morgan fingerprint density at radius 2 is 2.06 bits per heavy atom. The highest BCUT2D eigenvalue weighted by molar-refractivity contribution is 6.34. The predicted molar refractivity (Wildman–Crippen MR) is 120 cm³/mol. The molecule has 0 unspecified atom stereocenters. The van der Waals surface area contributed by atoms with E-state index in [0.717, 1.165) is 5.57 Å². The van der Waals surface area contributed by atoms with Crippen LogP contribution in [0.1, 0.15) is 41.5 Å². The molecule has 2 aromatic carbocycles. The molecule has 1 amide bonds. The summed E-state index contributed by atoms with van der Waals surface area (Å²) in [6.45, 7) is 7.83. The highest BCUT2D eigenvalue weighted by Crippen LogP contribution is 2.39. The molecule has 9 heteroatoms. The van der Waals surface area contributed by atoms with E-state index in [2.05, 4.69) is 11.7 Å². The van der Waals surface area contributed by atoms with Crippen LogP contribution in [0.4, 0.5) is 10.1 Å². The van der Waals surface area contributed by atoms with Crippen molar-refractivity contribution in [2.75, 3.05) is 11.4 Å². The number of halogens is 2. The topological polar surface area (TPSA) is 80.4 Å². The maximum absolute atomic E-state index is 14.6. The number of amides is 1. The number of fused-ring (bicyclic) bond motifs is 1. The minimum atomic E-state index is -0.584. The third-order valence-electron chi connectivity index (χ3n) is 5.69. The lowest BCUT2D eigenvalue weighted by Gasteiger charge is -2.35. The lowest BCUT2D eigenvalue weighted by molar-refractivity contribution is 0.0977. The first kappa shape index (κ1) is 22.0. The molecule has 0 radical (unpaired) electrons. The number of aliphatic hydroxyl groups is 1. The lowest BCUT2D eigenvalue weighted by Crippen LogP contribution is -2.41. The van der Waals surface area contributed by atoms with Gasteiger partial charge in [0, 0.05) is 24.6 Å². The Hall–Kier alpha value is -3.23. The van der Waals surface area contributed by atoms with Gasteiger partial charge in [0.25, 0.3) is 5.91 Å². The summed E-state index contributed by atoms with van der Waals surface area (Å²) in [5.41, 5.74) is 1.93. The van der Waals surface area contributed by atoms with Gasteiger partial charge in [0.2, 0.25) is 0 Å². The zero-order valence-electron chi connectivity index (χ0n) is 17.7. The van der Waals surface area contributed by atoms with Crippen molar-refractivity contribution in [2.24, 2.45) is 0 Å². The fraction of sp³-hybridized carbons (Fsp3) is 0.261. The molecule has 0 bridgehead atoms. The fourth-order valence-electron chi connectivity index (χ4n) is 4.08. The molecule has 1 aliphatic rings. The standard InChI is InChI=1S/C23H22ClFN4O3/c1-4-27-20(12-30)26-29(23(27)32)14-8-9-15-16(10-14)17(13(2)3)11-28(22(15)31)21-18(24)6-5-7-19(21)25/h5-10,17,30H,2,4,11-12H2,1,3H3/t17-/m1/s1. The Morgan fingerprint density at radius 1 is 1.31 bits per heavy atom. The van der Waals surface area contributed by atoms with Gasteiger partial charge in [0.05, 0.1) is 16.4 Å². The first-order chi connectivity index (χ1) is 15.3. The summed E-state index contributed by atoms with van der Waals surface area (Å²) < 4.78 is 17.2. The molecule has 0 aliphatic carbocycles. The van der Waals surface area contributed by atoms with Gasteiger partial charge in [0.15, 0.2) is 5.82 Å². The smallest absolute Gasteiger partial charge is 0.350 e. The number of carbonyl (C=O) groups is 1. The monoisotopic (exact) mass is 456 g/mol. The molecule has 7 nitrogen and oxygen atoms in total. The van der Waals surface area contributed by atoms with Crippen LogP contribution in [0.3, 0.4) is 0 Å². The summed E-state index contributed by atoms with van der Waals surface area (Å²) >= 11 is 6.22. The number of hydrogen-bond donors (Lipinski definition) is 1. The third kappa shape index (κ3) is 3.45. The number of anilines is 1. The van der Waals surface area contributed by atoms with Crippen molar-refractivity contribution in [3.8, 4) is 5.69 Å². The van der Waals surface area contributed by atoms with Gasteiger partial charge in [-0.15, -0.1) is 5.10 Å². The average Bonchev–Trinajstić information content (AvgIpc) is 3.09. The van der Waals surface area contributed by atoms with Crippen LogP contribution in [0.15, 0.2) is 53.3 Å². The van der Waals surface area contributed by atoms with E-state index in [-0.39, 0.29) is 41.3 Å². The second-order valence-corrected chi connectivity index (χ2v) is 8.08. The van der Waals surface area contributed by atoms with Crippen LogP contribution in [-0.4, -0.2) is 31.9 Å². The molecule has 0 saturated carbocycles. The second kappa shape index (κ2) is 8.37. The van der Waals surface area contributed by atoms with Crippen LogP contribution in [0.5, 0.6) is 0 Å². The summed E-state index contributed by atoms with van der Waals surface area (Å²) in [6, 6.07) is 9.21. The molecular weight excluding hydrogens is 435 g/mol. The summed E-state index contributed by atoms with van der Waals surface area (Å²) in [6.07, 6.45) is 0. The Labute approximate surface area is 189 Å². The fourth-order valence-corrected chi connectivity index (χ4v) is 4.34.